The number of benzene rings is 1. The first-order valence-electron chi connectivity index (χ1n) is 6.61. The molecule has 0 aliphatic carbocycles. The van der Waals surface area contributed by atoms with Crippen molar-refractivity contribution >= 4 is 40.2 Å². The summed E-state index contributed by atoms with van der Waals surface area (Å²) >= 11 is 1.22. The van der Waals surface area contributed by atoms with Crippen molar-refractivity contribution in [2.75, 3.05) is 24.9 Å². The van der Waals surface area contributed by atoms with Crippen LogP contribution in [0.2, 0.25) is 0 Å². The van der Waals surface area contributed by atoms with Gasteiger partial charge in [-0.25, -0.2) is 9.78 Å². The van der Waals surface area contributed by atoms with Crippen LogP contribution < -0.4 is 20.6 Å². The van der Waals surface area contributed by atoms with Gasteiger partial charge >= 0.3 is 5.97 Å². The number of hydrogen-bond acceptors (Lipinski definition) is 10. The van der Waals surface area contributed by atoms with E-state index in [0.29, 0.717) is 10.9 Å². The highest BCUT2D eigenvalue weighted by atomic mass is 32.1. The number of nitro groups is 1. The van der Waals surface area contributed by atoms with Gasteiger partial charge < -0.3 is 20.3 Å². The van der Waals surface area contributed by atoms with Crippen LogP contribution in [-0.4, -0.2) is 40.9 Å². The Bertz CT molecular complexity index is 821. The van der Waals surface area contributed by atoms with Crippen LogP contribution in [-0.2, 0) is 4.79 Å². The van der Waals surface area contributed by atoms with Gasteiger partial charge in [-0.3, -0.25) is 15.5 Å². The lowest BCUT2D eigenvalue weighted by Gasteiger charge is -2.11. The van der Waals surface area contributed by atoms with Gasteiger partial charge in [0, 0.05) is 17.0 Å². The summed E-state index contributed by atoms with van der Waals surface area (Å²) in [4.78, 5) is 25.1. The topological polar surface area (TPSA) is 162 Å². The van der Waals surface area contributed by atoms with E-state index >= 15 is 0 Å². The van der Waals surface area contributed by atoms with Crippen LogP contribution in [0.1, 0.15) is 5.56 Å². The minimum atomic E-state index is -1.21. The molecule has 0 unspecified atom stereocenters. The number of anilines is 2. The van der Waals surface area contributed by atoms with Crippen molar-refractivity contribution in [2.24, 2.45) is 5.10 Å². The van der Waals surface area contributed by atoms with E-state index in [9.17, 15) is 14.9 Å². The van der Waals surface area contributed by atoms with Crippen LogP contribution in [0.15, 0.2) is 22.6 Å². The Balaban J connectivity index is 2.34. The van der Waals surface area contributed by atoms with Gasteiger partial charge in [0.25, 0.3) is 5.69 Å². The Labute approximate surface area is 144 Å². The summed E-state index contributed by atoms with van der Waals surface area (Å²) in [5, 5.41) is 25.7. The monoisotopic (exact) mass is 367 g/mol. The molecule has 1 heterocycles. The first-order valence-corrected chi connectivity index (χ1v) is 7.49. The van der Waals surface area contributed by atoms with Gasteiger partial charge in [-0.2, -0.15) is 5.10 Å². The second-order valence-electron chi connectivity index (χ2n) is 4.45. The minimum Gasteiger partial charge on any atom is -0.493 e. The maximum atomic E-state index is 11.0. The Morgan fingerprint density at radius 2 is 2.36 bits per heavy atom. The van der Waals surface area contributed by atoms with Crippen molar-refractivity contribution in [3.8, 4) is 11.5 Å². The molecule has 0 aliphatic heterocycles. The summed E-state index contributed by atoms with van der Waals surface area (Å²) in [7, 11) is 1.28. The zero-order chi connectivity index (χ0) is 18.4. The lowest BCUT2D eigenvalue weighted by molar-refractivity contribution is -0.385. The molecule has 0 spiro atoms. The average molecular weight is 367 g/mol. The maximum absolute atomic E-state index is 11.0. The second kappa shape index (κ2) is 7.92. The fourth-order valence-electron chi connectivity index (χ4n) is 1.74. The number of nitrogens with zero attached hydrogens (tertiary/aromatic N) is 3. The number of carboxylic acids is 1. The normalized spacial score (nSPS) is 10.6. The van der Waals surface area contributed by atoms with E-state index in [2.05, 4.69) is 15.5 Å². The number of carbonyl (C=O) groups is 1. The molecular weight excluding hydrogens is 354 g/mol. The number of aliphatic carboxylic acids is 1. The highest BCUT2D eigenvalue weighted by Crippen LogP contribution is 2.35. The maximum Gasteiger partial charge on any atom is 0.341 e. The molecule has 0 radical (unpaired) electrons. The van der Waals surface area contributed by atoms with E-state index in [0.717, 1.165) is 6.07 Å². The lowest BCUT2D eigenvalue weighted by Crippen LogP contribution is -2.11. The highest BCUT2D eigenvalue weighted by Gasteiger charge is 2.18. The van der Waals surface area contributed by atoms with Gasteiger partial charge in [0.05, 0.1) is 24.3 Å². The third kappa shape index (κ3) is 4.78. The molecule has 4 N–H and O–H groups in total. The van der Waals surface area contributed by atoms with Crippen LogP contribution >= 0.6 is 11.3 Å². The number of nitrogens with one attached hydrogen (secondary N) is 1. The number of rotatable bonds is 8. The summed E-state index contributed by atoms with van der Waals surface area (Å²) in [6.45, 7) is -0.647. The van der Waals surface area contributed by atoms with Crippen molar-refractivity contribution in [1.29, 1.82) is 0 Å². The molecule has 0 bridgehead atoms. The number of methoxy groups -OCH3 is 1. The molecule has 1 aromatic carbocycles. The van der Waals surface area contributed by atoms with Crippen molar-refractivity contribution in [3.05, 3.63) is 33.2 Å². The molecule has 132 valence electrons. The SMILES string of the molecule is COc1cc([N+](=O)[O-])cc(C=NNc2nc(N)cs2)c1OCC(=O)O. The van der Waals surface area contributed by atoms with E-state index < -0.39 is 17.5 Å². The molecule has 0 saturated carbocycles. The summed E-state index contributed by atoms with van der Waals surface area (Å²) in [5.74, 6) is -0.861. The van der Waals surface area contributed by atoms with Crippen LogP contribution in [0.4, 0.5) is 16.6 Å². The van der Waals surface area contributed by atoms with Gasteiger partial charge in [-0.05, 0) is 0 Å². The van der Waals surface area contributed by atoms with Crippen molar-refractivity contribution in [2.45, 2.75) is 0 Å². The Morgan fingerprint density at radius 1 is 1.60 bits per heavy atom. The third-order valence-corrected chi connectivity index (χ3v) is 3.49. The first kappa shape index (κ1) is 17.9. The number of nitro benzene ring substituents is 1. The lowest BCUT2D eigenvalue weighted by atomic mass is 10.1. The number of thiazole rings is 1. The van der Waals surface area contributed by atoms with Crippen LogP contribution in [0.3, 0.4) is 0 Å². The Morgan fingerprint density at radius 3 is 2.92 bits per heavy atom. The molecule has 2 rings (SSSR count). The van der Waals surface area contributed by atoms with E-state index in [1.54, 1.807) is 5.38 Å². The van der Waals surface area contributed by atoms with Gasteiger partial charge in [0.2, 0.25) is 5.13 Å². The zero-order valence-electron chi connectivity index (χ0n) is 12.8. The number of ether oxygens (including phenoxy) is 2. The van der Waals surface area contributed by atoms with E-state index in [1.165, 1.54) is 30.7 Å². The van der Waals surface area contributed by atoms with Gasteiger partial charge in [-0.1, -0.05) is 0 Å². The number of aromatic nitrogens is 1. The molecule has 0 saturated heterocycles. The quantitative estimate of drug-likeness (QED) is 0.357. The molecule has 2 aromatic rings. The molecular formula is C13H13N5O6S. The predicted octanol–water partition coefficient (Wildman–Crippen LogP) is 1.55. The third-order valence-electron chi connectivity index (χ3n) is 2.72. The number of nitrogens with two attached hydrogens (primary N) is 1. The largest absolute Gasteiger partial charge is 0.493 e. The molecule has 0 fully saturated rings. The first-order chi connectivity index (χ1) is 11.9. The Kier molecular flexibility index (Phi) is 5.68. The number of hydrogen-bond donors (Lipinski definition) is 3. The number of nitrogen functional groups attached to an aromatic ring is 1. The smallest absolute Gasteiger partial charge is 0.341 e. The van der Waals surface area contributed by atoms with E-state index in [-0.39, 0.29) is 22.7 Å². The second-order valence-corrected chi connectivity index (χ2v) is 5.31. The van der Waals surface area contributed by atoms with E-state index in [1.807, 2.05) is 0 Å². The minimum absolute atomic E-state index is 0.00962. The molecule has 0 amide bonds. The van der Waals surface area contributed by atoms with Crippen molar-refractivity contribution in [1.82, 2.24) is 4.98 Å². The van der Waals surface area contributed by atoms with Crippen LogP contribution in [0, 0.1) is 10.1 Å². The number of hydrazone groups is 1. The zero-order valence-corrected chi connectivity index (χ0v) is 13.6. The van der Waals surface area contributed by atoms with Gasteiger partial charge in [0.1, 0.15) is 5.82 Å². The summed E-state index contributed by atoms with van der Waals surface area (Å²) < 4.78 is 10.2. The standard InChI is InChI=1S/C13H13N5O6S/c1-23-9-3-8(18(21)22)2-7(12(9)24-5-11(19)20)4-15-17-13-16-10(14)6-25-13/h2-4,6H,5,14H2,1H3,(H,16,17)(H,19,20). The molecule has 11 nitrogen and oxygen atoms in total. The van der Waals surface area contributed by atoms with Crippen LogP contribution in [0.5, 0.6) is 11.5 Å². The summed E-state index contributed by atoms with van der Waals surface area (Å²) in [6, 6.07) is 2.31. The fourth-order valence-corrected chi connectivity index (χ4v) is 2.29. The summed E-state index contributed by atoms with van der Waals surface area (Å²) in [5.41, 5.74) is 7.98. The van der Waals surface area contributed by atoms with Crippen molar-refractivity contribution < 1.29 is 24.3 Å². The Hall–Kier alpha value is -3.41. The molecule has 0 atom stereocenters. The predicted molar refractivity (Wildman–Crippen MR) is 90.5 cm³/mol. The molecule has 0 aliphatic rings. The van der Waals surface area contributed by atoms with Gasteiger partial charge in [-0.15, -0.1) is 11.3 Å². The average Bonchev–Trinajstić information content (AvgIpc) is 2.97. The highest BCUT2D eigenvalue weighted by molar-refractivity contribution is 7.14. The number of carboxylic acid groups (broad SMARTS) is 1. The van der Waals surface area contributed by atoms with Crippen molar-refractivity contribution in [3.63, 3.8) is 0 Å². The number of non-ortho nitro benzene ring substituents is 1. The van der Waals surface area contributed by atoms with E-state index in [4.69, 9.17) is 20.3 Å². The van der Waals surface area contributed by atoms with Crippen LogP contribution in [0.25, 0.3) is 0 Å². The summed E-state index contributed by atoms with van der Waals surface area (Å²) in [6.07, 6.45) is 1.23. The fraction of sp³-hybridized carbons (Fsp3) is 0.154. The van der Waals surface area contributed by atoms with Gasteiger partial charge in [0.15, 0.2) is 18.1 Å². The molecule has 12 heteroatoms. The molecule has 1 aromatic heterocycles. The molecule has 25 heavy (non-hydrogen) atoms.